The lowest BCUT2D eigenvalue weighted by Crippen LogP contribution is -2.38. The Morgan fingerprint density at radius 2 is 2.05 bits per heavy atom. The van der Waals surface area contributed by atoms with Gasteiger partial charge in [-0.3, -0.25) is 0 Å². The van der Waals surface area contributed by atoms with Gasteiger partial charge in [0.05, 0.1) is 7.11 Å². The van der Waals surface area contributed by atoms with Crippen molar-refractivity contribution in [3.63, 3.8) is 0 Å². The summed E-state index contributed by atoms with van der Waals surface area (Å²) in [6.45, 7) is 4.19. The highest BCUT2D eigenvalue weighted by molar-refractivity contribution is 5.45. The molecule has 1 heterocycles. The van der Waals surface area contributed by atoms with Gasteiger partial charge in [-0.1, -0.05) is 35.9 Å². The zero-order valence-electron chi connectivity index (χ0n) is 12.7. The zero-order chi connectivity index (χ0) is 15.0. The van der Waals surface area contributed by atoms with Crippen molar-refractivity contribution in [1.82, 2.24) is 0 Å². The maximum absolute atomic E-state index is 6.37. The summed E-state index contributed by atoms with van der Waals surface area (Å²) in [6.07, 6.45) is 0.760. The third-order valence-corrected chi connectivity index (χ3v) is 4.19. The van der Waals surface area contributed by atoms with Gasteiger partial charge in [0.25, 0.3) is 0 Å². The van der Waals surface area contributed by atoms with Crippen LogP contribution >= 0.6 is 0 Å². The average Bonchev–Trinajstić information content (AvgIpc) is 2.46. The summed E-state index contributed by atoms with van der Waals surface area (Å²) in [4.78, 5) is 0. The molecule has 1 aliphatic rings. The molecule has 2 aromatic rings. The minimum absolute atomic E-state index is 0.0369. The average molecular weight is 283 g/mol. The van der Waals surface area contributed by atoms with E-state index in [1.54, 1.807) is 7.11 Å². The summed E-state index contributed by atoms with van der Waals surface area (Å²) in [7, 11) is 1.66. The summed E-state index contributed by atoms with van der Waals surface area (Å²) in [6, 6.07) is 14.2. The van der Waals surface area contributed by atoms with Crippen LogP contribution in [0.3, 0.4) is 0 Å². The van der Waals surface area contributed by atoms with Crippen LogP contribution in [-0.4, -0.2) is 7.11 Å². The van der Waals surface area contributed by atoms with Crippen LogP contribution in [-0.2, 0) is 5.60 Å². The van der Waals surface area contributed by atoms with Crippen LogP contribution in [0.4, 0.5) is 0 Å². The molecule has 3 rings (SSSR count). The predicted molar refractivity (Wildman–Crippen MR) is 83.7 cm³/mol. The van der Waals surface area contributed by atoms with Gasteiger partial charge in [-0.05, 0) is 25.5 Å². The third-order valence-electron chi connectivity index (χ3n) is 4.19. The molecule has 0 radical (unpaired) electrons. The molecule has 3 nitrogen and oxygen atoms in total. The Morgan fingerprint density at radius 1 is 1.24 bits per heavy atom. The van der Waals surface area contributed by atoms with E-state index in [-0.39, 0.29) is 6.04 Å². The normalized spacial score (nSPS) is 24.1. The lowest BCUT2D eigenvalue weighted by atomic mass is 9.83. The van der Waals surface area contributed by atoms with Crippen molar-refractivity contribution in [2.24, 2.45) is 5.73 Å². The first-order valence-electron chi connectivity index (χ1n) is 7.21. The number of rotatable bonds is 2. The minimum Gasteiger partial charge on any atom is -0.497 e. The van der Waals surface area contributed by atoms with E-state index in [1.807, 2.05) is 18.2 Å². The van der Waals surface area contributed by atoms with Crippen molar-refractivity contribution in [3.8, 4) is 11.5 Å². The van der Waals surface area contributed by atoms with E-state index in [9.17, 15) is 0 Å². The molecule has 0 fully saturated rings. The summed E-state index contributed by atoms with van der Waals surface area (Å²) in [5.74, 6) is 1.60. The summed E-state index contributed by atoms with van der Waals surface area (Å²) in [5.41, 5.74) is 9.38. The van der Waals surface area contributed by atoms with Gasteiger partial charge < -0.3 is 15.2 Å². The number of nitrogens with two attached hydrogens (primary N) is 1. The molecule has 2 aromatic carbocycles. The second-order valence-electron chi connectivity index (χ2n) is 5.92. The van der Waals surface area contributed by atoms with Gasteiger partial charge in [-0.15, -0.1) is 0 Å². The molecule has 2 unspecified atom stereocenters. The fourth-order valence-electron chi connectivity index (χ4n) is 3.00. The molecule has 0 amide bonds. The van der Waals surface area contributed by atoms with E-state index in [0.717, 1.165) is 29.0 Å². The van der Waals surface area contributed by atoms with Crippen molar-refractivity contribution in [2.45, 2.75) is 31.9 Å². The van der Waals surface area contributed by atoms with Gasteiger partial charge >= 0.3 is 0 Å². The third kappa shape index (κ3) is 2.49. The summed E-state index contributed by atoms with van der Waals surface area (Å²) >= 11 is 0. The molecule has 0 spiro atoms. The van der Waals surface area contributed by atoms with Gasteiger partial charge in [-0.25, -0.2) is 0 Å². The molecule has 0 saturated heterocycles. The number of aryl methyl sites for hydroxylation is 1. The standard InChI is InChI=1S/C18H21NO2/c1-12-5-4-6-13(9-12)18(2)11-16(19)15-8-7-14(20-3)10-17(15)21-18/h4-10,16H,11,19H2,1-3H3. The maximum atomic E-state index is 6.37. The van der Waals surface area contributed by atoms with Crippen molar-refractivity contribution in [1.29, 1.82) is 0 Å². The minimum atomic E-state index is -0.412. The first-order chi connectivity index (χ1) is 10.0. The number of hydrogen-bond donors (Lipinski definition) is 1. The van der Waals surface area contributed by atoms with Crippen molar-refractivity contribution in [2.75, 3.05) is 7.11 Å². The molecule has 2 atom stereocenters. The van der Waals surface area contributed by atoms with Crippen molar-refractivity contribution in [3.05, 3.63) is 59.2 Å². The van der Waals surface area contributed by atoms with E-state index in [1.165, 1.54) is 5.56 Å². The molecule has 110 valence electrons. The van der Waals surface area contributed by atoms with E-state index in [4.69, 9.17) is 15.2 Å². The van der Waals surface area contributed by atoms with Crippen molar-refractivity contribution >= 4 is 0 Å². The van der Waals surface area contributed by atoms with Crippen molar-refractivity contribution < 1.29 is 9.47 Å². The molecular weight excluding hydrogens is 262 g/mol. The molecule has 2 N–H and O–H groups in total. The number of fused-ring (bicyclic) bond motifs is 1. The van der Waals surface area contributed by atoms with Crippen LogP contribution < -0.4 is 15.2 Å². The first-order valence-corrected chi connectivity index (χ1v) is 7.21. The lowest BCUT2D eigenvalue weighted by molar-refractivity contribution is 0.0508. The Kier molecular flexibility index (Phi) is 3.38. The largest absolute Gasteiger partial charge is 0.497 e. The monoisotopic (exact) mass is 283 g/mol. The Hall–Kier alpha value is -2.00. The maximum Gasteiger partial charge on any atom is 0.133 e. The highest BCUT2D eigenvalue weighted by Crippen LogP contribution is 2.44. The lowest BCUT2D eigenvalue weighted by Gasteiger charge is -2.39. The Balaban J connectivity index is 2.03. The van der Waals surface area contributed by atoms with Gasteiger partial charge in [0.1, 0.15) is 17.1 Å². The summed E-state index contributed by atoms with van der Waals surface area (Å²) < 4.78 is 11.6. The molecule has 0 aromatic heterocycles. The molecule has 3 heteroatoms. The Morgan fingerprint density at radius 3 is 2.76 bits per heavy atom. The molecule has 0 aliphatic carbocycles. The molecule has 1 aliphatic heterocycles. The zero-order valence-corrected chi connectivity index (χ0v) is 12.7. The van der Waals surface area contributed by atoms with E-state index < -0.39 is 5.60 Å². The topological polar surface area (TPSA) is 44.5 Å². The SMILES string of the molecule is COc1ccc2c(c1)OC(C)(c1cccc(C)c1)CC2N. The van der Waals surface area contributed by atoms with Gasteiger partial charge in [0, 0.05) is 24.1 Å². The van der Waals surface area contributed by atoms with Crippen LogP contribution in [0, 0.1) is 6.92 Å². The van der Waals surface area contributed by atoms with Crippen LogP contribution in [0.15, 0.2) is 42.5 Å². The van der Waals surface area contributed by atoms with E-state index in [2.05, 4.69) is 38.1 Å². The molecular formula is C18H21NO2. The Labute approximate surface area is 125 Å². The van der Waals surface area contributed by atoms with Crippen LogP contribution in [0.1, 0.15) is 36.1 Å². The fraction of sp³-hybridized carbons (Fsp3) is 0.333. The fourth-order valence-corrected chi connectivity index (χ4v) is 3.00. The molecule has 0 saturated carbocycles. The summed E-state index contributed by atoms with van der Waals surface area (Å²) in [5, 5.41) is 0. The second kappa shape index (κ2) is 5.08. The predicted octanol–water partition coefficient (Wildman–Crippen LogP) is 3.70. The van der Waals surface area contributed by atoms with E-state index >= 15 is 0 Å². The Bertz CT molecular complexity index is 668. The second-order valence-corrected chi connectivity index (χ2v) is 5.92. The van der Waals surface area contributed by atoms with Crippen LogP contribution in [0.25, 0.3) is 0 Å². The molecule has 0 bridgehead atoms. The number of hydrogen-bond acceptors (Lipinski definition) is 3. The van der Waals surface area contributed by atoms with Gasteiger partial charge in [0.2, 0.25) is 0 Å². The number of methoxy groups -OCH3 is 1. The smallest absolute Gasteiger partial charge is 0.133 e. The van der Waals surface area contributed by atoms with Gasteiger partial charge in [0.15, 0.2) is 0 Å². The highest BCUT2D eigenvalue weighted by Gasteiger charge is 2.37. The number of benzene rings is 2. The van der Waals surface area contributed by atoms with Crippen LogP contribution in [0.2, 0.25) is 0 Å². The first kappa shape index (κ1) is 14.0. The van der Waals surface area contributed by atoms with E-state index in [0.29, 0.717) is 0 Å². The quantitative estimate of drug-likeness (QED) is 0.914. The van der Waals surface area contributed by atoms with Gasteiger partial charge in [-0.2, -0.15) is 0 Å². The highest BCUT2D eigenvalue weighted by atomic mass is 16.5. The number of ether oxygens (including phenoxy) is 2. The van der Waals surface area contributed by atoms with Crippen LogP contribution in [0.5, 0.6) is 11.5 Å². The molecule has 21 heavy (non-hydrogen) atoms.